The Balaban J connectivity index is 1.75. The summed E-state index contributed by atoms with van der Waals surface area (Å²) < 4.78 is 45.6. The fraction of sp³-hybridized carbons (Fsp3) is 0.625. The zero-order valence-corrected chi connectivity index (χ0v) is 13.8. The Kier molecular flexibility index (Phi) is 6.35. The Morgan fingerprint density at radius 3 is 2.68 bits per heavy atom. The van der Waals surface area contributed by atoms with Crippen molar-refractivity contribution in [2.45, 2.75) is 56.4 Å². The number of rotatable bonds is 7. The summed E-state index contributed by atoms with van der Waals surface area (Å²) >= 11 is 0. The molecule has 1 fully saturated rings. The molecule has 22 heavy (non-hydrogen) atoms. The lowest BCUT2D eigenvalue weighted by atomic mass is 9.98. The SMILES string of the molecule is Cc1cc(F)ccc1S(=O)(=O)NCCCOC1CCCCC1. The molecule has 1 saturated carbocycles. The largest absolute Gasteiger partial charge is 0.378 e. The second-order valence-corrected chi connectivity index (χ2v) is 7.53. The molecule has 0 bridgehead atoms. The van der Waals surface area contributed by atoms with Gasteiger partial charge in [0, 0.05) is 13.2 Å². The van der Waals surface area contributed by atoms with Gasteiger partial charge in [0.25, 0.3) is 0 Å². The zero-order valence-electron chi connectivity index (χ0n) is 13.0. The maximum absolute atomic E-state index is 13.0. The van der Waals surface area contributed by atoms with Crippen molar-refractivity contribution >= 4 is 10.0 Å². The van der Waals surface area contributed by atoms with E-state index in [4.69, 9.17) is 4.74 Å². The van der Waals surface area contributed by atoms with Gasteiger partial charge in [0.05, 0.1) is 11.0 Å². The third-order valence-corrected chi connectivity index (χ3v) is 5.57. The normalized spacial score (nSPS) is 16.8. The van der Waals surface area contributed by atoms with Gasteiger partial charge >= 0.3 is 0 Å². The lowest BCUT2D eigenvalue weighted by molar-refractivity contribution is 0.0278. The monoisotopic (exact) mass is 329 g/mol. The highest BCUT2D eigenvalue weighted by Gasteiger charge is 2.17. The van der Waals surface area contributed by atoms with Crippen LogP contribution in [0.5, 0.6) is 0 Å². The van der Waals surface area contributed by atoms with Crippen molar-refractivity contribution in [3.05, 3.63) is 29.6 Å². The summed E-state index contributed by atoms with van der Waals surface area (Å²) in [6, 6.07) is 3.68. The minimum Gasteiger partial charge on any atom is -0.378 e. The Labute approximate surface area is 132 Å². The van der Waals surface area contributed by atoms with Gasteiger partial charge < -0.3 is 4.74 Å². The van der Waals surface area contributed by atoms with Crippen molar-refractivity contribution in [2.75, 3.05) is 13.2 Å². The molecule has 1 N–H and O–H groups in total. The summed E-state index contributed by atoms with van der Waals surface area (Å²) in [7, 11) is -3.59. The Bertz CT molecular complexity index is 583. The van der Waals surface area contributed by atoms with Crippen molar-refractivity contribution in [1.82, 2.24) is 4.72 Å². The van der Waals surface area contributed by atoms with E-state index < -0.39 is 15.8 Å². The van der Waals surface area contributed by atoms with Gasteiger partial charge in [0.1, 0.15) is 5.82 Å². The first-order valence-electron chi connectivity index (χ1n) is 7.86. The number of aryl methyl sites for hydroxylation is 1. The van der Waals surface area contributed by atoms with Crippen LogP contribution in [0.3, 0.4) is 0 Å². The molecule has 2 rings (SSSR count). The quantitative estimate of drug-likeness (QED) is 0.782. The average molecular weight is 329 g/mol. The van der Waals surface area contributed by atoms with E-state index in [0.29, 0.717) is 31.2 Å². The standard InChI is InChI=1S/C16H24FNO3S/c1-13-12-14(17)8-9-16(13)22(19,20)18-10-5-11-21-15-6-3-2-4-7-15/h8-9,12,15,18H,2-7,10-11H2,1H3. The lowest BCUT2D eigenvalue weighted by Crippen LogP contribution is -2.27. The Morgan fingerprint density at radius 1 is 1.27 bits per heavy atom. The molecule has 0 amide bonds. The van der Waals surface area contributed by atoms with Crippen LogP contribution in [0.4, 0.5) is 4.39 Å². The molecule has 0 unspecified atom stereocenters. The number of hydrogen-bond donors (Lipinski definition) is 1. The topological polar surface area (TPSA) is 55.4 Å². The molecule has 0 aromatic heterocycles. The molecule has 4 nitrogen and oxygen atoms in total. The van der Waals surface area contributed by atoms with Gasteiger partial charge in [0.2, 0.25) is 10.0 Å². The van der Waals surface area contributed by atoms with Crippen molar-refractivity contribution < 1.29 is 17.5 Å². The van der Waals surface area contributed by atoms with Crippen LogP contribution >= 0.6 is 0 Å². The number of ether oxygens (including phenoxy) is 1. The van der Waals surface area contributed by atoms with Crippen LogP contribution < -0.4 is 4.72 Å². The molecule has 1 aromatic rings. The molecule has 1 aromatic carbocycles. The van der Waals surface area contributed by atoms with Gasteiger partial charge in [-0.1, -0.05) is 19.3 Å². The number of sulfonamides is 1. The molecule has 6 heteroatoms. The van der Waals surface area contributed by atoms with E-state index in [-0.39, 0.29) is 4.90 Å². The molecule has 0 radical (unpaired) electrons. The molecule has 0 saturated heterocycles. The van der Waals surface area contributed by atoms with Gasteiger partial charge in [-0.2, -0.15) is 0 Å². The average Bonchev–Trinajstić information content (AvgIpc) is 2.47. The van der Waals surface area contributed by atoms with Gasteiger partial charge in [-0.05, 0) is 49.9 Å². The molecular formula is C16H24FNO3S. The number of benzene rings is 1. The van der Waals surface area contributed by atoms with Crippen LogP contribution in [0.25, 0.3) is 0 Å². The van der Waals surface area contributed by atoms with Gasteiger partial charge in [-0.25, -0.2) is 17.5 Å². The third kappa shape index (κ3) is 5.04. The van der Waals surface area contributed by atoms with E-state index in [9.17, 15) is 12.8 Å². The predicted molar refractivity (Wildman–Crippen MR) is 83.8 cm³/mol. The minimum absolute atomic E-state index is 0.127. The Morgan fingerprint density at radius 2 is 2.00 bits per heavy atom. The van der Waals surface area contributed by atoms with E-state index in [1.807, 2.05) is 0 Å². The highest BCUT2D eigenvalue weighted by molar-refractivity contribution is 7.89. The van der Waals surface area contributed by atoms with Crippen LogP contribution in [-0.2, 0) is 14.8 Å². The molecule has 0 spiro atoms. The molecule has 124 valence electrons. The lowest BCUT2D eigenvalue weighted by Gasteiger charge is -2.21. The summed E-state index contributed by atoms with van der Waals surface area (Å²) in [6.45, 7) is 2.48. The fourth-order valence-electron chi connectivity index (χ4n) is 2.75. The van der Waals surface area contributed by atoms with Crippen molar-refractivity contribution in [2.24, 2.45) is 0 Å². The zero-order chi connectivity index (χ0) is 16.0. The molecule has 0 aliphatic heterocycles. The van der Waals surface area contributed by atoms with E-state index in [1.54, 1.807) is 6.92 Å². The maximum Gasteiger partial charge on any atom is 0.240 e. The van der Waals surface area contributed by atoms with Crippen LogP contribution in [0, 0.1) is 12.7 Å². The van der Waals surface area contributed by atoms with Crippen molar-refractivity contribution in [3.8, 4) is 0 Å². The van der Waals surface area contributed by atoms with E-state index >= 15 is 0 Å². The molecule has 1 aliphatic rings. The molecular weight excluding hydrogens is 305 g/mol. The van der Waals surface area contributed by atoms with Crippen LogP contribution in [-0.4, -0.2) is 27.7 Å². The summed E-state index contributed by atoms with van der Waals surface area (Å²) in [6.07, 6.45) is 6.93. The number of halogens is 1. The smallest absolute Gasteiger partial charge is 0.240 e. The first-order chi connectivity index (χ1) is 10.5. The first-order valence-corrected chi connectivity index (χ1v) is 9.35. The summed E-state index contributed by atoms with van der Waals surface area (Å²) in [5, 5.41) is 0. The number of hydrogen-bond acceptors (Lipinski definition) is 3. The first kappa shape index (κ1) is 17.4. The van der Waals surface area contributed by atoms with E-state index in [1.165, 1.54) is 31.4 Å². The predicted octanol–water partition coefficient (Wildman–Crippen LogP) is 3.15. The van der Waals surface area contributed by atoms with Gasteiger partial charge in [0.15, 0.2) is 0 Å². The van der Waals surface area contributed by atoms with Gasteiger partial charge in [-0.3, -0.25) is 0 Å². The number of nitrogens with one attached hydrogen (secondary N) is 1. The second kappa shape index (κ2) is 8.04. The van der Waals surface area contributed by atoms with Crippen LogP contribution in [0.1, 0.15) is 44.1 Å². The van der Waals surface area contributed by atoms with E-state index in [2.05, 4.69) is 4.72 Å². The molecule has 0 atom stereocenters. The van der Waals surface area contributed by atoms with Crippen LogP contribution in [0.15, 0.2) is 23.1 Å². The van der Waals surface area contributed by atoms with E-state index in [0.717, 1.165) is 18.9 Å². The fourth-order valence-corrected chi connectivity index (χ4v) is 4.05. The highest BCUT2D eigenvalue weighted by atomic mass is 32.2. The van der Waals surface area contributed by atoms with Gasteiger partial charge in [-0.15, -0.1) is 0 Å². The summed E-state index contributed by atoms with van der Waals surface area (Å²) in [4.78, 5) is 0.127. The summed E-state index contributed by atoms with van der Waals surface area (Å²) in [5.74, 6) is -0.433. The summed E-state index contributed by atoms with van der Waals surface area (Å²) in [5.41, 5.74) is 0.408. The Hall–Kier alpha value is -0.980. The van der Waals surface area contributed by atoms with Crippen LogP contribution in [0.2, 0.25) is 0 Å². The second-order valence-electron chi connectivity index (χ2n) is 5.79. The van der Waals surface area contributed by atoms with Crippen molar-refractivity contribution in [3.63, 3.8) is 0 Å². The minimum atomic E-state index is -3.59. The highest BCUT2D eigenvalue weighted by Crippen LogP contribution is 2.20. The molecule has 1 aliphatic carbocycles. The molecule has 0 heterocycles. The van der Waals surface area contributed by atoms with Crippen molar-refractivity contribution in [1.29, 1.82) is 0 Å². The third-order valence-electron chi connectivity index (χ3n) is 3.95. The maximum atomic E-state index is 13.0.